The summed E-state index contributed by atoms with van der Waals surface area (Å²) < 4.78 is 29.1. The lowest BCUT2D eigenvalue weighted by Crippen LogP contribution is -2.17. The first-order valence-corrected chi connectivity index (χ1v) is 12.2. The van der Waals surface area contributed by atoms with Crippen molar-refractivity contribution >= 4 is 35.8 Å². The zero-order valence-corrected chi connectivity index (χ0v) is 19.7. The van der Waals surface area contributed by atoms with Crippen molar-refractivity contribution < 1.29 is 28.1 Å². The number of phosphoric acid groups is 1. The smallest absolute Gasteiger partial charge is 0.458 e. The van der Waals surface area contributed by atoms with Gasteiger partial charge >= 0.3 is 7.82 Å². The third-order valence-corrected chi connectivity index (χ3v) is 5.20. The number of halogens is 1. The Bertz CT molecular complexity index is 1620. The number of imidazole rings is 1. The number of rotatable bonds is 5. The molecular weight excluding hydrogens is 492 g/mol. The minimum absolute atomic E-state index is 0.211. The van der Waals surface area contributed by atoms with Crippen LogP contribution in [0.1, 0.15) is 25.1 Å². The molecule has 0 aliphatic rings. The van der Waals surface area contributed by atoms with E-state index < -0.39 is 19.7 Å². The number of H-pyrrole nitrogens is 1. The summed E-state index contributed by atoms with van der Waals surface area (Å²) in [5.41, 5.74) is 2.22. The van der Waals surface area contributed by atoms with Crippen LogP contribution in [0.2, 0.25) is 0 Å². The average molecular weight is 513 g/mol. The van der Waals surface area contributed by atoms with Crippen LogP contribution < -0.4 is 10.7 Å². The van der Waals surface area contributed by atoms with Crippen molar-refractivity contribution in [1.29, 1.82) is 0 Å². The summed E-state index contributed by atoms with van der Waals surface area (Å²) >= 11 is 0. The van der Waals surface area contributed by atoms with Gasteiger partial charge in [-0.3, -0.25) is 4.79 Å². The van der Waals surface area contributed by atoms with Gasteiger partial charge in [0, 0.05) is 0 Å². The maximum Gasteiger partial charge on any atom is 0.466 e. The van der Waals surface area contributed by atoms with Gasteiger partial charge in [0.05, 0.1) is 23.3 Å². The van der Waals surface area contributed by atoms with Gasteiger partial charge in [0.15, 0.2) is 11.5 Å². The van der Waals surface area contributed by atoms with E-state index in [2.05, 4.69) is 25.3 Å². The quantitative estimate of drug-likeness (QED) is 0.217. The fourth-order valence-corrected chi connectivity index (χ4v) is 3.71. The highest BCUT2D eigenvalue weighted by molar-refractivity contribution is 7.45. The Morgan fingerprint density at radius 2 is 1.86 bits per heavy atom. The minimum Gasteiger partial charge on any atom is -0.458 e. The van der Waals surface area contributed by atoms with Crippen molar-refractivity contribution in [3.8, 4) is 11.1 Å². The molecule has 186 valence electrons. The van der Waals surface area contributed by atoms with Gasteiger partial charge in [-0.15, -0.1) is 0 Å². The Morgan fingerprint density at radius 3 is 2.58 bits per heavy atom. The van der Waals surface area contributed by atoms with E-state index in [0.29, 0.717) is 51.3 Å². The summed E-state index contributed by atoms with van der Waals surface area (Å²) in [4.78, 5) is 50.6. The number of nitrogens with zero attached hydrogens (tertiary/aromatic N) is 3. The van der Waals surface area contributed by atoms with Crippen LogP contribution in [0.25, 0.3) is 33.3 Å². The van der Waals surface area contributed by atoms with Gasteiger partial charge in [0.2, 0.25) is 5.43 Å². The van der Waals surface area contributed by atoms with Gasteiger partial charge in [-0.2, -0.15) is 0 Å². The van der Waals surface area contributed by atoms with Crippen LogP contribution in [0.5, 0.6) is 0 Å². The number of para-hydroxylation sites is 1. The maximum absolute atomic E-state index is 14.0. The topological polar surface area (TPSA) is 174 Å². The van der Waals surface area contributed by atoms with Gasteiger partial charge in [-0.1, -0.05) is 31.2 Å². The summed E-state index contributed by atoms with van der Waals surface area (Å²) in [7, 11) is -4.64. The SMILES string of the molecule is CCC(Nc1ncnc2nc[nH]c12)c1oc2ccccc2c(=O)c1-c1cccc(F)c1.O=P(O)(O)O. The number of aromatic amines is 1. The second-order valence-corrected chi connectivity index (χ2v) is 8.65. The van der Waals surface area contributed by atoms with Crippen LogP contribution in [0.15, 0.2) is 70.4 Å². The summed E-state index contributed by atoms with van der Waals surface area (Å²) in [6.45, 7) is 1.97. The van der Waals surface area contributed by atoms with Crippen molar-refractivity contribution in [1.82, 2.24) is 19.9 Å². The molecule has 0 spiro atoms. The molecule has 3 aromatic heterocycles. The van der Waals surface area contributed by atoms with E-state index in [0.717, 1.165) is 0 Å². The van der Waals surface area contributed by atoms with Gasteiger partial charge < -0.3 is 29.4 Å². The van der Waals surface area contributed by atoms with Crippen molar-refractivity contribution in [2.75, 3.05) is 5.32 Å². The highest BCUT2D eigenvalue weighted by Gasteiger charge is 2.24. The van der Waals surface area contributed by atoms with Crippen molar-refractivity contribution in [2.24, 2.45) is 0 Å². The second-order valence-electron chi connectivity index (χ2n) is 7.62. The molecule has 0 aliphatic carbocycles. The van der Waals surface area contributed by atoms with E-state index >= 15 is 0 Å². The monoisotopic (exact) mass is 513 g/mol. The molecule has 1 unspecified atom stereocenters. The lowest BCUT2D eigenvalue weighted by molar-refractivity contribution is 0.275. The van der Waals surface area contributed by atoms with E-state index in [1.165, 1.54) is 18.5 Å². The van der Waals surface area contributed by atoms with Gasteiger partial charge in [-0.25, -0.2) is 23.9 Å². The van der Waals surface area contributed by atoms with Gasteiger partial charge in [0.1, 0.15) is 29.0 Å². The predicted octanol–water partition coefficient (Wildman–Crippen LogP) is 3.90. The van der Waals surface area contributed by atoms with Gasteiger partial charge in [0.25, 0.3) is 0 Å². The number of fused-ring (bicyclic) bond motifs is 2. The zero-order chi connectivity index (χ0) is 25.9. The minimum atomic E-state index is -4.64. The molecule has 5 aromatic rings. The van der Waals surface area contributed by atoms with Crippen LogP contribution in [0.3, 0.4) is 0 Å². The maximum atomic E-state index is 14.0. The molecule has 0 fully saturated rings. The molecule has 0 saturated carbocycles. The first-order valence-electron chi connectivity index (χ1n) is 10.7. The summed E-state index contributed by atoms with van der Waals surface area (Å²) in [6, 6.07) is 12.6. The third kappa shape index (κ3) is 5.64. The molecule has 0 saturated heterocycles. The van der Waals surface area contributed by atoms with Crippen LogP contribution in [-0.2, 0) is 4.57 Å². The van der Waals surface area contributed by atoms with E-state index in [9.17, 15) is 9.18 Å². The molecule has 0 amide bonds. The van der Waals surface area contributed by atoms with Crippen LogP contribution in [-0.4, -0.2) is 34.6 Å². The number of hydrogen-bond donors (Lipinski definition) is 5. The molecule has 11 nitrogen and oxygen atoms in total. The van der Waals surface area contributed by atoms with E-state index in [1.54, 1.807) is 36.7 Å². The molecule has 1 atom stereocenters. The Morgan fingerprint density at radius 1 is 1.11 bits per heavy atom. The van der Waals surface area contributed by atoms with Gasteiger partial charge in [-0.05, 0) is 36.2 Å². The highest BCUT2D eigenvalue weighted by atomic mass is 31.2. The molecule has 3 heterocycles. The molecule has 2 aromatic carbocycles. The van der Waals surface area contributed by atoms with Crippen LogP contribution in [0.4, 0.5) is 10.2 Å². The van der Waals surface area contributed by atoms with Crippen molar-refractivity contribution in [3.63, 3.8) is 0 Å². The lowest BCUT2D eigenvalue weighted by atomic mass is 9.97. The molecule has 36 heavy (non-hydrogen) atoms. The van der Waals surface area contributed by atoms with Crippen molar-refractivity contribution in [2.45, 2.75) is 19.4 Å². The first kappa shape index (κ1) is 25.1. The Hall–Kier alpha value is -3.96. The van der Waals surface area contributed by atoms with Crippen molar-refractivity contribution in [3.05, 3.63) is 83.0 Å². The Labute approximate surface area is 202 Å². The first-order chi connectivity index (χ1) is 17.2. The summed E-state index contributed by atoms with van der Waals surface area (Å²) in [5.74, 6) is 0.533. The molecule has 13 heteroatoms. The van der Waals surface area contributed by atoms with E-state index in [4.69, 9.17) is 23.7 Å². The Balaban J connectivity index is 0.000000556. The molecule has 5 rings (SSSR count). The third-order valence-electron chi connectivity index (χ3n) is 5.20. The molecule has 0 bridgehead atoms. The fraction of sp³-hybridized carbons (Fsp3) is 0.130. The normalized spacial score (nSPS) is 12.2. The largest absolute Gasteiger partial charge is 0.466 e. The zero-order valence-electron chi connectivity index (χ0n) is 18.8. The molecule has 5 N–H and O–H groups in total. The average Bonchev–Trinajstić information content (AvgIpc) is 3.31. The number of benzene rings is 2. The molecular formula is C23H21FN5O6P. The van der Waals surface area contributed by atoms with Crippen LogP contribution >= 0.6 is 7.82 Å². The van der Waals surface area contributed by atoms with E-state index in [1.807, 2.05) is 13.0 Å². The number of hydrogen-bond acceptors (Lipinski definition) is 7. The highest BCUT2D eigenvalue weighted by Crippen LogP contribution is 2.33. The summed E-state index contributed by atoms with van der Waals surface area (Å²) in [5, 5.41) is 3.78. The molecule has 0 radical (unpaired) electrons. The second kappa shape index (κ2) is 10.3. The number of nitrogens with one attached hydrogen (secondary N) is 2. The standard InChI is InChI=1S/C23H18FN5O2.H3O4P/c1-2-16(29-23-19-22(26-11-25-19)27-12-28-23)21-18(13-6-5-7-14(24)10-13)20(30)15-8-3-4-9-17(15)31-21;1-5(2,3)4/h3-12,16H,2H2,1H3,(H2,25,26,27,28,29);(H3,1,2,3,4). The predicted molar refractivity (Wildman–Crippen MR) is 130 cm³/mol. The number of aromatic nitrogens is 4. The van der Waals surface area contributed by atoms with Crippen LogP contribution in [0, 0.1) is 5.82 Å². The lowest BCUT2D eigenvalue weighted by Gasteiger charge is -2.20. The fourth-order valence-electron chi connectivity index (χ4n) is 3.71. The van der Waals surface area contributed by atoms with E-state index in [-0.39, 0.29) is 5.43 Å². The Kier molecular flexibility index (Phi) is 7.22. The summed E-state index contributed by atoms with van der Waals surface area (Å²) in [6.07, 6.45) is 3.55. The number of anilines is 1. The molecule has 0 aliphatic heterocycles.